The van der Waals surface area contributed by atoms with E-state index in [2.05, 4.69) is 0 Å². The standard InChI is InChI=1S/C12H15Cl2NO/c1-2-4-8(7-15)12(16)9-5-3-6-10(13)11(9)14/h3,5-6,8H,2,4,7,15H2,1H3. The summed E-state index contributed by atoms with van der Waals surface area (Å²) in [6.45, 7) is 2.37. The Morgan fingerprint density at radius 3 is 2.69 bits per heavy atom. The second-order valence-electron chi connectivity index (χ2n) is 3.69. The zero-order valence-corrected chi connectivity index (χ0v) is 10.7. The first-order valence-corrected chi connectivity index (χ1v) is 6.05. The van der Waals surface area contributed by atoms with E-state index in [4.69, 9.17) is 28.9 Å². The van der Waals surface area contributed by atoms with E-state index >= 15 is 0 Å². The van der Waals surface area contributed by atoms with Crippen LogP contribution in [-0.4, -0.2) is 12.3 Å². The zero-order chi connectivity index (χ0) is 12.1. The van der Waals surface area contributed by atoms with E-state index in [1.807, 2.05) is 6.92 Å². The Labute approximate surface area is 106 Å². The van der Waals surface area contributed by atoms with Gasteiger partial charge in [0.05, 0.1) is 10.0 Å². The largest absolute Gasteiger partial charge is 0.330 e. The number of benzene rings is 1. The Bertz CT molecular complexity index is 379. The SMILES string of the molecule is CCCC(CN)C(=O)c1cccc(Cl)c1Cl. The Morgan fingerprint density at radius 2 is 2.12 bits per heavy atom. The minimum absolute atomic E-state index is 0.0168. The van der Waals surface area contributed by atoms with Gasteiger partial charge in [0.1, 0.15) is 0 Å². The molecule has 0 heterocycles. The number of carbonyl (C=O) groups is 1. The van der Waals surface area contributed by atoms with Gasteiger partial charge < -0.3 is 5.73 Å². The predicted molar refractivity (Wildman–Crippen MR) is 68.2 cm³/mol. The second kappa shape index (κ2) is 6.24. The summed E-state index contributed by atoms with van der Waals surface area (Å²) in [5.74, 6) is -0.183. The number of ketones is 1. The summed E-state index contributed by atoms with van der Waals surface area (Å²) in [4.78, 5) is 12.1. The molecule has 0 fully saturated rings. The molecule has 1 unspecified atom stereocenters. The van der Waals surface area contributed by atoms with E-state index in [0.717, 1.165) is 12.8 Å². The minimum atomic E-state index is -0.166. The molecule has 1 aromatic carbocycles. The van der Waals surface area contributed by atoms with E-state index < -0.39 is 0 Å². The van der Waals surface area contributed by atoms with Gasteiger partial charge in [0.25, 0.3) is 0 Å². The quantitative estimate of drug-likeness (QED) is 0.822. The molecule has 0 aliphatic carbocycles. The van der Waals surface area contributed by atoms with Gasteiger partial charge in [-0.1, -0.05) is 42.6 Å². The molecule has 0 bridgehead atoms. The Balaban J connectivity index is 2.99. The first-order chi connectivity index (χ1) is 7.61. The maximum absolute atomic E-state index is 12.1. The molecular formula is C12H15Cl2NO. The Morgan fingerprint density at radius 1 is 1.44 bits per heavy atom. The summed E-state index contributed by atoms with van der Waals surface area (Å²) in [7, 11) is 0. The molecule has 2 nitrogen and oxygen atoms in total. The second-order valence-corrected chi connectivity index (χ2v) is 4.47. The molecule has 0 spiro atoms. The van der Waals surface area contributed by atoms with Gasteiger partial charge in [0, 0.05) is 18.0 Å². The summed E-state index contributed by atoms with van der Waals surface area (Å²) in [5, 5.41) is 0.725. The van der Waals surface area contributed by atoms with Crippen LogP contribution in [0.15, 0.2) is 18.2 Å². The average Bonchev–Trinajstić information content (AvgIpc) is 2.29. The van der Waals surface area contributed by atoms with Crippen molar-refractivity contribution in [3.63, 3.8) is 0 Å². The molecule has 0 saturated carbocycles. The van der Waals surface area contributed by atoms with Gasteiger partial charge in [-0.3, -0.25) is 4.79 Å². The summed E-state index contributed by atoms with van der Waals surface area (Å²) >= 11 is 11.9. The van der Waals surface area contributed by atoms with Crippen LogP contribution in [0, 0.1) is 5.92 Å². The van der Waals surface area contributed by atoms with E-state index in [-0.39, 0.29) is 11.7 Å². The molecule has 0 amide bonds. The van der Waals surface area contributed by atoms with Crippen LogP contribution >= 0.6 is 23.2 Å². The maximum Gasteiger partial charge on any atom is 0.168 e. The van der Waals surface area contributed by atoms with Gasteiger partial charge in [-0.2, -0.15) is 0 Å². The number of carbonyl (C=O) groups excluding carboxylic acids is 1. The Kier molecular flexibility index (Phi) is 5.26. The van der Waals surface area contributed by atoms with Crippen LogP contribution in [0.1, 0.15) is 30.1 Å². The first-order valence-electron chi connectivity index (χ1n) is 5.30. The van der Waals surface area contributed by atoms with Gasteiger partial charge in [0.15, 0.2) is 5.78 Å². The molecule has 1 atom stereocenters. The fraction of sp³-hybridized carbons (Fsp3) is 0.417. The van der Waals surface area contributed by atoms with Gasteiger partial charge in [-0.15, -0.1) is 0 Å². The highest BCUT2D eigenvalue weighted by Crippen LogP contribution is 2.28. The van der Waals surface area contributed by atoms with Gasteiger partial charge >= 0.3 is 0 Å². The van der Waals surface area contributed by atoms with Crippen LogP contribution in [0.25, 0.3) is 0 Å². The molecule has 0 saturated heterocycles. The number of halogens is 2. The lowest BCUT2D eigenvalue weighted by atomic mass is 9.93. The van der Waals surface area contributed by atoms with Crippen molar-refractivity contribution in [1.82, 2.24) is 0 Å². The molecule has 0 aliphatic heterocycles. The minimum Gasteiger partial charge on any atom is -0.330 e. The van der Waals surface area contributed by atoms with Crippen molar-refractivity contribution in [1.29, 1.82) is 0 Å². The van der Waals surface area contributed by atoms with Crippen molar-refractivity contribution in [3.8, 4) is 0 Å². The highest BCUT2D eigenvalue weighted by atomic mass is 35.5. The lowest BCUT2D eigenvalue weighted by Gasteiger charge is -2.13. The van der Waals surface area contributed by atoms with Gasteiger partial charge in [0.2, 0.25) is 0 Å². The average molecular weight is 260 g/mol. The lowest BCUT2D eigenvalue weighted by molar-refractivity contribution is 0.0917. The van der Waals surface area contributed by atoms with Crippen LogP contribution in [-0.2, 0) is 0 Å². The van der Waals surface area contributed by atoms with E-state index in [0.29, 0.717) is 22.2 Å². The van der Waals surface area contributed by atoms with Crippen molar-refractivity contribution < 1.29 is 4.79 Å². The van der Waals surface area contributed by atoms with Crippen molar-refractivity contribution in [2.24, 2.45) is 11.7 Å². The van der Waals surface area contributed by atoms with Crippen molar-refractivity contribution in [3.05, 3.63) is 33.8 Å². The molecule has 16 heavy (non-hydrogen) atoms. The molecule has 0 aromatic heterocycles. The molecule has 2 N–H and O–H groups in total. The summed E-state index contributed by atoms with van der Waals surface area (Å²) in [5.41, 5.74) is 6.06. The van der Waals surface area contributed by atoms with Crippen LogP contribution in [0.5, 0.6) is 0 Å². The predicted octanol–water partition coefficient (Wildman–Crippen LogP) is 3.55. The van der Waals surface area contributed by atoms with E-state index in [1.165, 1.54) is 0 Å². The van der Waals surface area contributed by atoms with E-state index in [1.54, 1.807) is 18.2 Å². The van der Waals surface area contributed by atoms with Gasteiger partial charge in [-0.05, 0) is 18.6 Å². The molecule has 0 radical (unpaired) electrons. The van der Waals surface area contributed by atoms with Crippen LogP contribution in [0.2, 0.25) is 10.0 Å². The number of nitrogens with two attached hydrogens (primary N) is 1. The molecule has 1 rings (SSSR count). The fourth-order valence-corrected chi connectivity index (χ4v) is 2.01. The smallest absolute Gasteiger partial charge is 0.168 e. The fourth-order valence-electron chi connectivity index (χ4n) is 1.62. The van der Waals surface area contributed by atoms with Crippen LogP contribution in [0.3, 0.4) is 0 Å². The van der Waals surface area contributed by atoms with Crippen LogP contribution in [0.4, 0.5) is 0 Å². The molecule has 88 valence electrons. The van der Waals surface area contributed by atoms with Crippen molar-refractivity contribution >= 4 is 29.0 Å². The number of rotatable bonds is 5. The summed E-state index contributed by atoms with van der Waals surface area (Å²) in [6.07, 6.45) is 1.70. The highest BCUT2D eigenvalue weighted by Gasteiger charge is 2.20. The van der Waals surface area contributed by atoms with Crippen LogP contribution < -0.4 is 5.73 Å². The van der Waals surface area contributed by atoms with Gasteiger partial charge in [-0.25, -0.2) is 0 Å². The van der Waals surface area contributed by atoms with E-state index in [9.17, 15) is 4.79 Å². The maximum atomic E-state index is 12.1. The van der Waals surface area contributed by atoms with Crippen molar-refractivity contribution in [2.45, 2.75) is 19.8 Å². The summed E-state index contributed by atoms with van der Waals surface area (Å²) < 4.78 is 0. The van der Waals surface area contributed by atoms with Crippen molar-refractivity contribution in [2.75, 3.05) is 6.54 Å². The topological polar surface area (TPSA) is 43.1 Å². The third-order valence-electron chi connectivity index (χ3n) is 2.51. The number of hydrogen-bond donors (Lipinski definition) is 1. The monoisotopic (exact) mass is 259 g/mol. The molecule has 0 aliphatic rings. The number of hydrogen-bond acceptors (Lipinski definition) is 2. The normalized spacial score (nSPS) is 12.5. The Hall–Kier alpha value is -0.570. The highest BCUT2D eigenvalue weighted by molar-refractivity contribution is 6.43. The lowest BCUT2D eigenvalue weighted by Crippen LogP contribution is -2.24. The zero-order valence-electron chi connectivity index (χ0n) is 9.17. The molecule has 1 aromatic rings. The first kappa shape index (κ1) is 13.5. The molecule has 4 heteroatoms. The number of Topliss-reactive ketones (excluding diaryl/α,β-unsaturated/α-hetero) is 1. The molecular weight excluding hydrogens is 245 g/mol. The third kappa shape index (κ3) is 2.97. The summed E-state index contributed by atoms with van der Waals surface area (Å²) in [6, 6.07) is 5.08. The third-order valence-corrected chi connectivity index (χ3v) is 3.33.